The van der Waals surface area contributed by atoms with Gasteiger partial charge in [-0.25, -0.2) is 0 Å². The molecule has 1 atom stereocenters. The highest BCUT2D eigenvalue weighted by Crippen LogP contribution is 2.30. The van der Waals surface area contributed by atoms with E-state index in [2.05, 4.69) is 59.4 Å². The Balaban J connectivity index is 2.03. The Morgan fingerprint density at radius 2 is 2.20 bits per heavy atom. The summed E-state index contributed by atoms with van der Waals surface area (Å²) >= 11 is 5.41. The summed E-state index contributed by atoms with van der Waals surface area (Å²) in [7, 11) is 0. The molecule has 2 nitrogen and oxygen atoms in total. The summed E-state index contributed by atoms with van der Waals surface area (Å²) in [5, 5.41) is 3.55. The van der Waals surface area contributed by atoms with Crippen molar-refractivity contribution in [1.29, 1.82) is 0 Å². The number of nitrogens with one attached hydrogen (secondary N) is 1. The maximum Gasteiger partial charge on any atom is 0.135 e. The summed E-state index contributed by atoms with van der Waals surface area (Å²) in [6, 6.07) is 10.8. The van der Waals surface area contributed by atoms with Crippen LogP contribution in [-0.2, 0) is 0 Å². The monoisotopic (exact) mass is 353 g/mol. The fourth-order valence-corrected chi connectivity index (χ4v) is 3.53. The summed E-state index contributed by atoms with van der Waals surface area (Å²) < 4.78 is 6.65. The second-order valence-electron chi connectivity index (χ2n) is 4.77. The molecule has 1 unspecified atom stereocenters. The van der Waals surface area contributed by atoms with Crippen LogP contribution in [-0.4, -0.2) is 12.3 Å². The van der Waals surface area contributed by atoms with Crippen LogP contribution in [0.15, 0.2) is 50.4 Å². The topological polar surface area (TPSA) is 25.2 Å². The molecule has 0 radical (unpaired) electrons. The Bertz CT molecular complexity index is 541. The highest BCUT2D eigenvalue weighted by Gasteiger charge is 2.17. The van der Waals surface area contributed by atoms with E-state index in [1.165, 1.54) is 10.5 Å². The molecule has 0 aliphatic rings. The SMILES string of the molecule is CCCNC(CSc1cccc(C)c1)c1occc1Br. The second-order valence-corrected chi connectivity index (χ2v) is 6.71. The van der Waals surface area contributed by atoms with Gasteiger partial charge >= 0.3 is 0 Å². The van der Waals surface area contributed by atoms with Crippen LogP contribution in [0.4, 0.5) is 0 Å². The van der Waals surface area contributed by atoms with Gasteiger partial charge in [-0.05, 0) is 54.0 Å². The second kappa shape index (κ2) is 7.91. The molecule has 2 aromatic rings. The maximum absolute atomic E-state index is 5.61. The normalized spacial score (nSPS) is 12.6. The fourth-order valence-electron chi connectivity index (χ4n) is 1.98. The lowest BCUT2D eigenvalue weighted by molar-refractivity contribution is 0.433. The van der Waals surface area contributed by atoms with E-state index in [-0.39, 0.29) is 6.04 Å². The van der Waals surface area contributed by atoms with Crippen molar-refractivity contribution in [3.05, 3.63) is 52.4 Å². The Morgan fingerprint density at radius 1 is 1.35 bits per heavy atom. The van der Waals surface area contributed by atoms with E-state index in [0.717, 1.165) is 29.0 Å². The van der Waals surface area contributed by atoms with E-state index < -0.39 is 0 Å². The predicted octanol–water partition coefficient (Wildman–Crippen LogP) is 5.18. The molecule has 1 heterocycles. The number of halogens is 1. The molecule has 0 spiro atoms. The zero-order chi connectivity index (χ0) is 14.4. The molecule has 1 N–H and O–H groups in total. The molecule has 2 rings (SSSR count). The third kappa shape index (κ3) is 4.40. The summed E-state index contributed by atoms with van der Waals surface area (Å²) in [5.41, 5.74) is 1.30. The molecule has 0 fully saturated rings. The van der Waals surface area contributed by atoms with Crippen LogP contribution in [0.25, 0.3) is 0 Å². The Kier molecular flexibility index (Phi) is 6.20. The van der Waals surface area contributed by atoms with Crippen molar-refractivity contribution < 1.29 is 4.42 Å². The number of hydrogen-bond donors (Lipinski definition) is 1. The van der Waals surface area contributed by atoms with Crippen molar-refractivity contribution in [2.75, 3.05) is 12.3 Å². The zero-order valence-electron chi connectivity index (χ0n) is 11.9. The lowest BCUT2D eigenvalue weighted by Gasteiger charge is -2.16. The first kappa shape index (κ1) is 15.7. The Hall–Kier alpha value is -0.710. The smallest absolute Gasteiger partial charge is 0.135 e. The summed E-state index contributed by atoms with van der Waals surface area (Å²) in [6.07, 6.45) is 2.85. The van der Waals surface area contributed by atoms with Crippen molar-refractivity contribution in [2.24, 2.45) is 0 Å². The number of benzene rings is 1. The summed E-state index contributed by atoms with van der Waals surface area (Å²) in [6.45, 7) is 5.29. The molecule has 1 aromatic heterocycles. The number of rotatable bonds is 7. The number of furan rings is 1. The highest BCUT2D eigenvalue weighted by atomic mass is 79.9. The lowest BCUT2D eigenvalue weighted by atomic mass is 10.2. The molecule has 0 amide bonds. The van der Waals surface area contributed by atoms with Crippen LogP contribution in [0.2, 0.25) is 0 Å². The molecular formula is C16H20BrNOS. The van der Waals surface area contributed by atoms with Crippen LogP contribution in [0.3, 0.4) is 0 Å². The van der Waals surface area contributed by atoms with Crippen molar-refractivity contribution in [3.8, 4) is 0 Å². The molecule has 4 heteroatoms. The van der Waals surface area contributed by atoms with Crippen molar-refractivity contribution in [2.45, 2.75) is 31.2 Å². The van der Waals surface area contributed by atoms with Crippen LogP contribution in [0, 0.1) is 6.92 Å². The molecule has 1 aromatic carbocycles. The minimum Gasteiger partial charge on any atom is -0.466 e. The first-order valence-corrected chi connectivity index (χ1v) is 8.64. The van der Waals surface area contributed by atoms with Crippen LogP contribution < -0.4 is 5.32 Å². The van der Waals surface area contributed by atoms with Gasteiger partial charge in [-0.15, -0.1) is 11.8 Å². The van der Waals surface area contributed by atoms with E-state index in [9.17, 15) is 0 Å². The van der Waals surface area contributed by atoms with E-state index in [0.29, 0.717) is 0 Å². The highest BCUT2D eigenvalue weighted by molar-refractivity contribution is 9.10. The van der Waals surface area contributed by atoms with Gasteiger partial charge in [-0.2, -0.15) is 0 Å². The van der Waals surface area contributed by atoms with Gasteiger partial charge in [0.2, 0.25) is 0 Å². The molecule has 0 bridgehead atoms. The van der Waals surface area contributed by atoms with E-state index >= 15 is 0 Å². The molecule has 0 aliphatic heterocycles. The third-order valence-corrected chi connectivity index (χ3v) is 4.75. The molecule has 0 saturated carbocycles. The van der Waals surface area contributed by atoms with Gasteiger partial charge in [-0.3, -0.25) is 0 Å². The third-order valence-electron chi connectivity index (χ3n) is 3.01. The molecule has 0 aliphatic carbocycles. The van der Waals surface area contributed by atoms with Gasteiger partial charge in [0.05, 0.1) is 16.8 Å². The fraction of sp³-hybridized carbons (Fsp3) is 0.375. The maximum atomic E-state index is 5.61. The summed E-state index contributed by atoms with van der Waals surface area (Å²) in [4.78, 5) is 1.30. The number of aryl methyl sites for hydroxylation is 1. The number of hydrogen-bond acceptors (Lipinski definition) is 3. The van der Waals surface area contributed by atoms with Crippen molar-refractivity contribution >= 4 is 27.7 Å². The molecule has 20 heavy (non-hydrogen) atoms. The van der Waals surface area contributed by atoms with Crippen molar-refractivity contribution in [3.63, 3.8) is 0 Å². The van der Waals surface area contributed by atoms with Gasteiger partial charge in [0.15, 0.2) is 0 Å². The molecule has 108 valence electrons. The zero-order valence-corrected chi connectivity index (χ0v) is 14.3. The quantitative estimate of drug-likeness (QED) is 0.694. The minimum atomic E-state index is 0.227. The predicted molar refractivity (Wildman–Crippen MR) is 89.3 cm³/mol. The van der Waals surface area contributed by atoms with Gasteiger partial charge in [0.1, 0.15) is 5.76 Å². The van der Waals surface area contributed by atoms with Crippen LogP contribution >= 0.6 is 27.7 Å². The standard InChI is InChI=1S/C16H20BrNOS/c1-3-8-18-15(16-14(17)7-9-19-16)11-20-13-6-4-5-12(2)10-13/h4-7,9-10,15,18H,3,8,11H2,1-2H3. The van der Waals surface area contributed by atoms with Crippen LogP contribution in [0.1, 0.15) is 30.7 Å². The first-order chi connectivity index (χ1) is 9.70. The average molecular weight is 354 g/mol. The van der Waals surface area contributed by atoms with Crippen molar-refractivity contribution in [1.82, 2.24) is 5.32 Å². The molecule has 0 saturated heterocycles. The Morgan fingerprint density at radius 3 is 2.85 bits per heavy atom. The van der Waals surface area contributed by atoms with E-state index in [4.69, 9.17) is 4.42 Å². The molecular weight excluding hydrogens is 334 g/mol. The van der Waals surface area contributed by atoms with Gasteiger partial charge < -0.3 is 9.73 Å². The van der Waals surface area contributed by atoms with Crippen LogP contribution in [0.5, 0.6) is 0 Å². The average Bonchev–Trinajstić information content (AvgIpc) is 2.85. The largest absolute Gasteiger partial charge is 0.466 e. The van der Waals surface area contributed by atoms with Gasteiger partial charge in [0.25, 0.3) is 0 Å². The van der Waals surface area contributed by atoms with E-state index in [1.807, 2.05) is 17.8 Å². The summed E-state index contributed by atoms with van der Waals surface area (Å²) in [5.74, 6) is 1.94. The van der Waals surface area contributed by atoms with Gasteiger partial charge in [0, 0.05) is 10.6 Å². The van der Waals surface area contributed by atoms with Gasteiger partial charge in [-0.1, -0.05) is 24.6 Å². The lowest BCUT2D eigenvalue weighted by Crippen LogP contribution is -2.24. The van der Waals surface area contributed by atoms with E-state index in [1.54, 1.807) is 6.26 Å². The first-order valence-electron chi connectivity index (χ1n) is 6.86. The minimum absolute atomic E-state index is 0.227. The number of thioether (sulfide) groups is 1. The Labute approximate surface area is 133 Å².